The predicted molar refractivity (Wildman–Crippen MR) is 126 cm³/mol. The molecule has 4 aliphatic rings. The van der Waals surface area contributed by atoms with E-state index in [9.17, 15) is 30.0 Å². The van der Waals surface area contributed by atoms with E-state index in [1.807, 2.05) is 27.7 Å². The van der Waals surface area contributed by atoms with Crippen LogP contribution in [0.5, 0.6) is 0 Å². The van der Waals surface area contributed by atoms with E-state index in [1.54, 1.807) is 0 Å². The molecule has 0 spiro atoms. The van der Waals surface area contributed by atoms with Crippen molar-refractivity contribution in [3.8, 4) is 0 Å². The zero-order valence-electron chi connectivity index (χ0n) is 20.8. The fraction of sp³-hybridized carbons (Fsp3) is 0.778. The molecule has 0 aliphatic heterocycles. The van der Waals surface area contributed by atoms with Crippen molar-refractivity contribution in [3.63, 3.8) is 0 Å². The number of Topliss-reactive ketones (excluding diaryl/α,β-unsaturated/α-hetero) is 1. The van der Waals surface area contributed by atoms with Crippen LogP contribution in [0.4, 0.5) is 0 Å². The van der Waals surface area contributed by atoms with Crippen LogP contribution in [0, 0.1) is 33.5 Å². The molecule has 0 aromatic carbocycles. The van der Waals surface area contributed by atoms with Gasteiger partial charge < -0.3 is 25.5 Å². The maximum Gasteiger partial charge on any atom is 0.303 e. The van der Waals surface area contributed by atoms with Gasteiger partial charge in [-0.1, -0.05) is 39.8 Å². The molecule has 7 nitrogen and oxygen atoms in total. The molecule has 2 fully saturated rings. The van der Waals surface area contributed by atoms with Gasteiger partial charge in [-0.25, -0.2) is 0 Å². The second-order valence-corrected chi connectivity index (χ2v) is 12.3. The summed E-state index contributed by atoms with van der Waals surface area (Å²) >= 11 is 0. The summed E-state index contributed by atoms with van der Waals surface area (Å²) in [4.78, 5) is 25.1. The minimum atomic E-state index is -0.974. The van der Waals surface area contributed by atoms with Crippen LogP contribution in [0.25, 0.3) is 0 Å². The lowest BCUT2D eigenvalue weighted by atomic mass is 9.42. The van der Waals surface area contributed by atoms with Crippen LogP contribution in [0.3, 0.4) is 0 Å². The SMILES string of the molecule is C=C(CCC(=O)O)[C@H]1C[C@H](O)[C@@]2(C)C3=C(C(=O)C[C@]12C)[C@@]1(C)CC[C@H](O)[C@@](C)(CO)[C@@H]1C[C@@H]3O. The first-order chi connectivity index (χ1) is 15.7. The molecule has 190 valence electrons. The number of rotatable bonds is 5. The first-order valence-corrected chi connectivity index (χ1v) is 12.5. The minimum Gasteiger partial charge on any atom is -0.481 e. The smallest absolute Gasteiger partial charge is 0.303 e. The van der Waals surface area contributed by atoms with Crippen LogP contribution in [0.1, 0.15) is 72.6 Å². The van der Waals surface area contributed by atoms with E-state index in [0.29, 0.717) is 36.8 Å². The quantitative estimate of drug-likeness (QED) is 0.385. The molecule has 0 aromatic heterocycles. The standard InChI is InChI=1S/C27H40O7/c1-14(6-7-21(33)34)15-10-20(32)27(5)23-16(29)11-18-24(2,9-8-19(31)25(18,3)13-28)22(23)17(30)12-26(15,27)4/h15-16,18-20,28-29,31-32H,1,6-13H2,2-5H3,(H,33,34)/t15-,16+,18-,19+,20+,24+,25+,26-,27+/m1/s1. The second kappa shape index (κ2) is 7.99. The summed E-state index contributed by atoms with van der Waals surface area (Å²) in [7, 11) is 0. The molecule has 0 bridgehead atoms. The van der Waals surface area contributed by atoms with Crippen LogP contribution < -0.4 is 0 Å². The Morgan fingerprint density at radius 3 is 2.29 bits per heavy atom. The predicted octanol–water partition coefficient (Wildman–Crippen LogP) is 2.61. The molecule has 7 heteroatoms. The topological polar surface area (TPSA) is 135 Å². The third-order valence-corrected chi connectivity index (χ3v) is 10.8. The third-order valence-electron chi connectivity index (χ3n) is 10.8. The number of aliphatic carboxylic acids is 1. The van der Waals surface area contributed by atoms with Crippen molar-refractivity contribution in [2.75, 3.05) is 6.61 Å². The lowest BCUT2D eigenvalue weighted by molar-refractivity contribution is -0.150. The summed E-state index contributed by atoms with van der Waals surface area (Å²) in [5, 5.41) is 53.2. The summed E-state index contributed by atoms with van der Waals surface area (Å²) in [6, 6.07) is 0. The first kappa shape index (κ1) is 25.5. The number of aliphatic hydroxyl groups is 4. The van der Waals surface area contributed by atoms with E-state index in [4.69, 9.17) is 5.11 Å². The van der Waals surface area contributed by atoms with Crippen LogP contribution in [-0.2, 0) is 9.59 Å². The highest BCUT2D eigenvalue weighted by Crippen LogP contribution is 2.71. The minimum absolute atomic E-state index is 0.0510. The molecule has 0 aromatic rings. The van der Waals surface area contributed by atoms with Crippen molar-refractivity contribution in [2.24, 2.45) is 33.5 Å². The summed E-state index contributed by atoms with van der Waals surface area (Å²) in [6.07, 6.45) is -0.382. The lowest BCUT2D eigenvalue weighted by Gasteiger charge is -2.62. The van der Waals surface area contributed by atoms with Gasteiger partial charge in [0.05, 0.1) is 24.9 Å². The molecule has 0 saturated heterocycles. The number of aliphatic hydroxyl groups excluding tert-OH is 4. The van der Waals surface area contributed by atoms with Crippen LogP contribution in [0.2, 0.25) is 0 Å². The van der Waals surface area contributed by atoms with E-state index in [-0.39, 0.29) is 43.5 Å². The van der Waals surface area contributed by atoms with Crippen molar-refractivity contribution >= 4 is 11.8 Å². The molecule has 0 amide bonds. The molecule has 2 saturated carbocycles. The average molecular weight is 477 g/mol. The van der Waals surface area contributed by atoms with Gasteiger partial charge in [0.1, 0.15) is 0 Å². The Bertz CT molecular complexity index is 955. The molecule has 34 heavy (non-hydrogen) atoms. The molecule has 0 radical (unpaired) electrons. The van der Waals surface area contributed by atoms with Gasteiger partial charge in [0.2, 0.25) is 0 Å². The number of allylic oxidation sites excluding steroid dienone is 2. The maximum absolute atomic E-state index is 13.9. The average Bonchev–Trinajstić information content (AvgIpc) is 2.97. The van der Waals surface area contributed by atoms with Crippen molar-refractivity contribution in [2.45, 2.75) is 91.0 Å². The third kappa shape index (κ3) is 3.09. The molecule has 5 N–H and O–H groups in total. The highest BCUT2D eigenvalue weighted by Gasteiger charge is 2.70. The summed E-state index contributed by atoms with van der Waals surface area (Å²) < 4.78 is 0. The van der Waals surface area contributed by atoms with E-state index in [0.717, 1.165) is 5.57 Å². The molecule has 0 unspecified atom stereocenters. The lowest BCUT2D eigenvalue weighted by Crippen LogP contribution is -2.62. The van der Waals surface area contributed by atoms with Gasteiger partial charge in [-0.05, 0) is 60.3 Å². The van der Waals surface area contributed by atoms with Crippen molar-refractivity contribution in [1.29, 1.82) is 0 Å². The fourth-order valence-corrected chi connectivity index (χ4v) is 8.57. The number of carbonyl (C=O) groups excluding carboxylic acids is 1. The van der Waals surface area contributed by atoms with Crippen LogP contribution in [-0.4, -0.2) is 62.2 Å². The molecular weight excluding hydrogens is 436 g/mol. The van der Waals surface area contributed by atoms with Crippen LogP contribution in [0.15, 0.2) is 23.3 Å². The van der Waals surface area contributed by atoms with E-state index in [1.165, 1.54) is 0 Å². The highest BCUT2D eigenvalue weighted by atomic mass is 16.4. The monoisotopic (exact) mass is 476 g/mol. The van der Waals surface area contributed by atoms with E-state index >= 15 is 0 Å². The van der Waals surface area contributed by atoms with E-state index in [2.05, 4.69) is 6.58 Å². The largest absolute Gasteiger partial charge is 0.481 e. The Morgan fingerprint density at radius 2 is 1.71 bits per heavy atom. The first-order valence-electron chi connectivity index (χ1n) is 12.5. The highest BCUT2D eigenvalue weighted by molar-refractivity contribution is 6.00. The number of fused-ring (bicyclic) bond motifs is 4. The Balaban J connectivity index is 1.85. The van der Waals surface area contributed by atoms with Crippen molar-refractivity contribution < 1.29 is 35.1 Å². The zero-order valence-corrected chi connectivity index (χ0v) is 20.8. The Morgan fingerprint density at radius 1 is 1.06 bits per heavy atom. The summed E-state index contributed by atoms with van der Waals surface area (Å²) in [5.74, 6) is -1.48. The van der Waals surface area contributed by atoms with Crippen molar-refractivity contribution in [3.05, 3.63) is 23.3 Å². The molecular formula is C27H40O7. The number of carboxylic acid groups (broad SMARTS) is 1. The van der Waals surface area contributed by atoms with Crippen LogP contribution >= 0.6 is 0 Å². The fourth-order valence-electron chi connectivity index (χ4n) is 8.57. The van der Waals surface area contributed by atoms with Gasteiger partial charge in [-0.3, -0.25) is 9.59 Å². The zero-order chi connectivity index (χ0) is 25.4. The second-order valence-electron chi connectivity index (χ2n) is 12.3. The van der Waals surface area contributed by atoms with Gasteiger partial charge in [0, 0.05) is 29.2 Å². The summed E-state index contributed by atoms with van der Waals surface area (Å²) in [6.45, 7) is 11.7. The normalized spacial score (nSPS) is 48.2. The number of hydrogen-bond acceptors (Lipinski definition) is 6. The number of carbonyl (C=O) groups is 2. The Kier molecular flexibility index (Phi) is 6.00. The van der Waals surface area contributed by atoms with Gasteiger partial charge in [0.15, 0.2) is 5.78 Å². The number of carboxylic acids is 1. The molecule has 4 aliphatic carbocycles. The Hall–Kier alpha value is -1.54. The van der Waals surface area contributed by atoms with Gasteiger partial charge in [0.25, 0.3) is 0 Å². The van der Waals surface area contributed by atoms with Crippen molar-refractivity contribution in [1.82, 2.24) is 0 Å². The van der Waals surface area contributed by atoms with Gasteiger partial charge >= 0.3 is 5.97 Å². The maximum atomic E-state index is 13.9. The summed E-state index contributed by atoms with van der Waals surface area (Å²) in [5.41, 5.74) is -1.10. The Labute approximate surface area is 201 Å². The van der Waals surface area contributed by atoms with Gasteiger partial charge in [-0.15, -0.1) is 0 Å². The van der Waals surface area contributed by atoms with E-state index < -0.39 is 45.9 Å². The number of hydrogen-bond donors (Lipinski definition) is 5. The molecule has 9 atom stereocenters. The van der Waals surface area contributed by atoms with Gasteiger partial charge in [-0.2, -0.15) is 0 Å². The number of ketones is 1. The molecule has 4 rings (SSSR count). The molecule has 0 heterocycles.